The van der Waals surface area contributed by atoms with Gasteiger partial charge in [0, 0.05) is 18.5 Å². The SMILES string of the molecule is CC(=O)Nc1nc2ccc(C(=N)c3c(N)ncnc3NC(C)C)cc2s1. The Kier molecular flexibility index (Phi) is 4.81. The van der Waals surface area contributed by atoms with E-state index in [9.17, 15) is 4.79 Å². The zero-order valence-electron chi connectivity index (χ0n) is 14.6. The van der Waals surface area contributed by atoms with E-state index in [0.717, 1.165) is 10.2 Å². The Morgan fingerprint density at radius 2 is 2.08 bits per heavy atom. The number of nitrogen functional groups attached to an aromatic ring is 1. The van der Waals surface area contributed by atoms with Gasteiger partial charge < -0.3 is 16.4 Å². The molecule has 0 saturated carbocycles. The Morgan fingerprint density at radius 3 is 2.77 bits per heavy atom. The summed E-state index contributed by atoms with van der Waals surface area (Å²) < 4.78 is 0.866. The van der Waals surface area contributed by atoms with Crippen LogP contribution in [-0.4, -0.2) is 32.6 Å². The van der Waals surface area contributed by atoms with Crippen molar-refractivity contribution in [3.8, 4) is 0 Å². The molecule has 0 bridgehead atoms. The topological polar surface area (TPSA) is 130 Å². The molecule has 8 nitrogen and oxygen atoms in total. The summed E-state index contributed by atoms with van der Waals surface area (Å²) in [6.07, 6.45) is 1.38. The normalized spacial score (nSPS) is 10.9. The van der Waals surface area contributed by atoms with E-state index in [1.165, 1.54) is 24.6 Å². The average molecular weight is 369 g/mol. The Labute approximate surface area is 154 Å². The van der Waals surface area contributed by atoms with Gasteiger partial charge in [-0.15, -0.1) is 0 Å². The third-order valence-electron chi connectivity index (χ3n) is 3.51. The van der Waals surface area contributed by atoms with E-state index in [1.54, 1.807) is 6.07 Å². The number of aromatic nitrogens is 3. The van der Waals surface area contributed by atoms with Crippen LogP contribution in [0.4, 0.5) is 16.8 Å². The molecular weight excluding hydrogens is 350 g/mol. The number of nitrogens with one attached hydrogen (secondary N) is 3. The van der Waals surface area contributed by atoms with E-state index in [0.29, 0.717) is 22.1 Å². The van der Waals surface area contributed by atoms with Crippen molar-refractivity contribution >= 4 is 49.9 Å². The van der Waals surface area contributed by atoms with Crippen LogP contribution in [0.25, 0.3) is 10.2 Å². The highest BCUT2D eigenvalue weighted by Gasteiger charge is 2.17. The summed E-state index contributed by atoms with van der Waals surface area (Å²) in [7, 11) is 0. The first-order valence-corrected chi connectivity index (χ1v) is 8.81. The van der Waals surface area contributed by atoms with Crippen molar-refractivity contribution in [2.45, 2.75) is 26.8 Å². The van der Waals surface area contributed by atoms with Gasteiger partial charge in [0.15, 0.2) is 5.13 Å². The summed E-state index contributed by atoms with van der Waals surface area (Å²) in [6.45, 7) is 5.41. The molecule has 134 valence electrons. The Morgan fingerprint density at radius 1 is 1.31 bits per heavy atom. The van der Waals surface area contributed by atoms with Gasteiger partial charge in [-0.1, -0.05) is 17.4 Å². The van der Waals surface area contributed by atoms with Gasteiger partial charge in [-0.25, -0.2) is 15.0 Å². The molecular formula is C17H19N7OS. The lowest BCUT2D eigenvalue weighted by molar-refractivity contribution is -0.114. The molecule has 0 unspecified atom stereocenters. The van der Waals surface area contributed by atoms with Gasteiger partial charge >= 0.3 is 0 Å². The van der Waals surface area contributed by atoms with Gasteiger partial charge in [-0.3, -0.25) is 10.2 Å². The summed E-state index contributed by atoms with van der Waals surface area (Å²) in [5.41, 5.74) is 8.14. The van der Waals surface area contributed by atoms with Crippen molar-refractivity contribution < 1.29 is 4.79 Å². The number of amides is 1. The molecule has 1 aromatic carbocycles. The second kappa shape index (κ2) is 7.04. The molecule has 2 aromatic heterocycles. The first kappa shape index (κ1) is 17.7. The van der Waals surface area contributed by atoms with Crippen molar-refractivity contribution in [2.24, 2.45) is 0 Å². The highest BCUT2D eigenvalue weighted by Crippen LogP contribution is 2.29. The molecule has 0 aliphatic heterocycles. The summed E-state index contributed by atoms with van der Waals surface area (Å²) in [4.78, 5) is 23.8. The average Bonchev–Trinajstić information content (AvgIpc) is 2.94. The number of benzene rings is 1. The quantitative estimate of drug-likeness (QED) is 0.512. The second-order valence-electron chi connectivity index (χ2n) is 6.04. The van der Waals surface area contributed by atoms with E-state index in [-0.39, 0.29) is 23.5 Å². The van der Waals surface area contributed by atoms with Crippen molar-refractivity contribution in [2.75, 3.05) is 16.4 Å². The van der Waals surface area contributed by atoms with Crippen LogP contribution in [0, 0.1) is 5.41 Å². The maximum Gasteiger partial charge on any atom is 0.223 e. The minimum Gasteiger partial charge on any atom is -0.383 e. The lowest BCUT2D eigenvalue weighted by Gasteiger charge is -2.15. The molecule has 2 heterocycles. The van der Waals surface area contributed by atoms with Crippen molar-refractivity contribution in [3.63, 3.8) is 0 Å². The zero-order chi connectivity index (χ0) is 18.8. The predicted octanol–water partition coefficient (Wildman–Crippen LogP) is 2.86. The molecule has 0 aliphatic rings. The summed E-state index contributed by atoms with van der Waals surface area (Å²) >= 11 is 1.35. The molecule has 1 amide bonds. The zero-order valence-corrected chi connectivity index (χ0v) is 15.4. The maximum absolute atomic E-state index is 11.2. The van der Waals surface area contributed by atoms with Gasteiger partial charge in [-0.2, -0.15) is 0 Å². The first-order valence-electron chi connectivity index (χ1n) is 7.99. The van der Waals surface area contributed by atoms with Gasteiger partial charge in [0.2, 0.25) is 5.91 Å². The van der Waals surface area contributed by atoms with Crippen LogP contribution in [0.2, 0.25) is 0 Å². The van der Waals surface area contributed by atoms with Crippen molar-refractivity contribution in [1.29, 1.82) is 5.41 Å². The fourth-order valence-corrected chi connectivity index (χ4v) is 3.41. The van der Waals surface area contributed by atoms with E-state index in [1.807, 2.05) is 26.0 Å². The first-order chi connectivity index (χ1) is 12.3. The number of nitrogens with two attached hydrogens (primary N) is 1. The lowest BCUT2D eigenvalue weighted by atomic mass is 10.0. The fraction of sp³-hybridized carbons (Fsp3) is 0.235. The van der Waals surface area contributed by atoms with Gasteiger partial charge in [-0.05, 0) is 26.0 Å². The van der Waals surface area contributed by atoms with Gasteiger partial charge in [0.25, 0.3) is 0 Å². The largest absolute Gasteiger partial charge is 0.383 e. The van der Waals surface area contributed by atoms with Gasteiger partial charge in [0.05, 0.1) is 21.5 Å². The standard InChI is InChI=1S/C17H19N7OS/c1-8(2)22-16-13(15(19)20-7-21-16)14(18)10-4-5-11-12(6-10)26-17(24-11)23-9(3)25/h4-8,18H,1-3H3,(H,23,24,25)(H3,19,20,21,22). The second-order valence-corrected chi connectivity index (χ2v) is 7.07. The Balaban J connectivity index is 2.01. The number of nitrogens with zero attached hydrogens (tertiary/aromatic N) is 3. The number of rotatable bonds is 5. The Bertz CT molecular complexity index is 996. The van der Waals surface area contributed by atoms with Crippen LogP contribution < -0.4 is 16.4 Å². The molecule has 26 heavy (non-hydrogen) atoms. The summed E-state index contributed by atoms with van der Waals surface area (Å²) in [6, 6.07) is 5.61. The molecule has 0 aliphatic carbocycles. The molecule has 0 fully saturated rings. The van der Waals surface area contributed by atoms with Crippen LogP contribution in [0.3, 0.4) is 0 Å². The van der Waals surface area contributed by atoms with Crippen LogP contribution in [0.15, 0.2) is 24.5 Å². The monoisotopic (exact) mass is 369 g/mol. The molecule has 9 heteroatoms. The lowest BCUT2D eigenvalue weighted by Crippen LogP contribution is -2.17. The third kappa shape index (κ3) is 3.62. The highest BCUT2D eigenvalue weighted by atomic mass is 32.1. The number of anilines is 3. The van der Waals surface area contributed by atoms with E-state index in [2.05, 4.69) is 25.6 Å². The van der Waals surface area contributed by atoms with E-state index < -0.39 is 0 Å². The van der Waals surface area contributed by atoms with Gasteiger partial charge in [0.1, 0.15) is 18.0 Å². The van der Waals surface area contributed by atoms with Crippen molar-refractivity contribution in [3.05, 3.63) is 35.7 Å². The van der Waals surface area contributed by atoms with Crippen LogP contribution >= 0.6 is 11.3 Å². The molecule has 0 spiro atoms. The highest BCUT2D eigenvalue weighted by molar-refractivity contribution is 7.22. The Hall–Kier alpha value is -3.07. The number of hydrogen-bond acceptors (Lipinski definition) is 8. The van der Waals surface area contributed by atoms with Crippen LogP contribution in [-0.2, 0) is 4.79 Å². The molecule has 3 rings (SSSR count). The predicted molar refractivity (Wildman–Crippen MR) is 105 cm³/mol. The molecule has 0 saturated heterocycles. The summed E-state index contributed by atoms with van der Waals surface area (Å²) in [5, 5.41) is 15.0. The minimum absolute atomic E-state index is 0.139. The molecule has 0 atom stereocenters. The van der Waals surface area contributed by atoms with Crippen molar-refractivity contribution in [1.82, 2.24) is 15.0 Å². The maximum atomic E-state index is 11.2. The summed E-state index contributed by atoms with van der Waals surface area (Å²) in [5.74, 6) is 0.605. The number of carbonyl (C=O) groups is 1. The number of thiazole rings is 1. The van der Waals surface area contributed by atoms with E-state index in [4.69, 9.17) is 11.1 Å². The molecule has 3 aromatic rings. The molecule has 0 radical (unpaired) electrons. The number of carbonyl (C=O) groups excluding carboxylic acids is 1. The fourth-order valence-electron chi connectivity index (χ4n) is 2.46. The van der Waals surface area contributed by atoms with Crippen LogP contribution in [0.5, 0.6) is 0 Å². The smallest absolute Gasteiger partial charge is 0.223 e. The van der Waals surface area contributed by atoms with Crippen LogP contribution in [0.1, 0.15) is 31.9 Å². The third-order valence-corrected chi connectivity index (χ3v) is 4.45. The van der Waals surface area contributed by atoms with E-state index >= 15 is 0 Å². The molecule has 5 N–H and O–H groups in total. The number of fused-ring (bicyclic) bond motifs is 1. The minimum atomic E-state index is -0.171. The number of hydrogen-bond donors (Lipinski definition) is 4.